The molecule has 1 fully saturated rings. The third-order valence-electron chi connectivity index (χ3n) is 5.50. The summed E-state index contributed by atoms with van der Waals surface area (Å²) in [4.78, 5) is 19.3. The highest BCUT2D eigenvalue weighted by atomic mass is 16.2. The smallest absolute Gasteiger partial charge is 0.234 e. The highest BCUT2D eigenvalue weighted by molar-refractivity contribution is 5.78. The Balaban J connectivity index is 1.46. The van der Waals surface area contributed by atoms with Gasteiger partial charge in [-0.1, -0.05) is 48.5 Å². The predicted molar refractivity (Wildman–Crippen MR) is 116 cm³/mol. The van der Waals surface area contributed by atoms with E-state index in [0.29, 0.717) is 13.1 Å². The number of benzene rings is 2. The number of anilines is 1. The topological polar surface area (TPSA) is 38.8 Å². The average molecular weight is 381 g/mol. The van der Waals surface area contributed by atoms with Crippen LogP contribution in [0.15, 0.2) is 54.6 Å². The van der Waals surface area contributed by atoms with Crippen molar-refractivity contribution in [1.82, 2.24) is 15.1 Å². The highest BCUT2D eigenvalue weighted by Crippen LogP contribution is 2.21. The SMILES string of the molecule is Cc1ccccc1N1CCN(CC(=O)NCC(c2ccccc2)N(C)C)CC1. The number of hydrogen-bond donors (Lipinski definition) is 1. The number of aryl methyl sites for hydroxylation is 1. The number of rotatable bonds is 7. The molecule has 1 N–H and O–H groups in total. The quantitative estimate of drug-likeness (QED) is 0.801. The van der Waals surface area contributed by atoms with Crippen molar-refractivity contribution in [2.75, 3.05) is 58.3 Å². The van der Waals surface area contributed by atoms with Crippen molar-refractivity contribution in [3.8, 4) is 0 Å². The van der Waals surface area contributed by atoms with Crippen molar-refractivity contribution in [2.45, 2.75) is 13.0 Å². The number of nitrogens with one attached hydrogen (secondary N) is 1. The summed E-state index contributed by atoms with van der Waals surface area (Å²) in [6.45, 7) is 7.00. The van der Waals surface area contributed by atoms with Crippen LogP contribution >= 0.6 is 0 Å². The second-order valence-electron chi connectivity index (χ2n) is 7.74. The van der Waals surface area contributed by atoms with Gasteiger partial charge in [-0.3, -0.25) is 9.69 Å². The maximum absolute atomic E-state index is 12.5. The molecule has 5 nitrogen and oxygen atoms in total. The van der Waals surface area contributed by atoms with Gasteiger partial charge >= 0.3 is 0 Å². The van der Waals surface area contributed by atoms with E-state index in [1.54, 1.807) is 0 Å². The summed E-state index contributed by atoms with van der Waals surface area (Å²) >= 11 is 0. The Kier molecular flexibility index (Phi) is 7.06. The summed E-state index contributed by atoms with van der Waals surface area (Å²) in [6, 6.07) is 19.0. The zero-order chi connectivity index (χ0) is 19.9. The van der Waals surface area contributed by atoms with E-state index in [0.717, 1.165) is 26.2 Å². The van der Waals surface area contributed by atoms with E-state index in [-0.39, 0.29) is 11.9 Å². The number of hydrogen-bond acceptors (Lipinski definition) is 4. The molecular weight excluding hydrogens is 348 g/mol. The fraction of sp³-hybridized carbons (Fsp3) is 0.435. The predicted octanol–water partition coefficient (Wildman–Crippen LogP) is 2.54. The van der Waals surface area contributed by atoms with Gasteiger partial charge < -0.3 is 15.1 Å². The van der Waals surface area contributed by atoms with Crippen molar-refractivity contribution in [1.29, 1.82) is 0 Å². The van der Waals surface area contributed by atoms with Gasteiger partial charge in [0.15, 0.2) is 0 Å². The summed E-state index contributed by atoms with van der Waals surface area (Å²) in [7, 11) is 4.10. The van der Waals surface area contributed by atoms with E-state index >= 15 is 0 Å². The zero-order valence-corrected chi connectivity index (χ0v) is 17.3. The molecule has 1 aliphatic heterocycles. The van der Waals surface area contributed by atoms with Crippen LogP contribution < -0.4 is 10.2 Å². The van der Waals surface area contributed by atoms with Crippen molar-refractivity contribution >= 4 is 11.6 Å². The monoisotopic (exact) mass is 380 g/mol. The lowest BCUT2D eigenvalue weighted by Gasteiger charge is -2.36. The second-order valence-corrected chi connectivity index (χ2v) is 7.74. The average Bonchev–Trinajstić information content (AvgIpc) is 2.70. The van der Waals surface area contributed by atoms with Crippen LogP contribution in [-0.2, 0) is 4.79 Å². The number of para-hydroxylation sites is 1. The number of carbonyl (C=O) groups is 1. The number of piperazine rings is 1. The molecule has 2 aromatic rings. The van der Waals surface area contributed by atoms with E-state index in [4.69, 9.17) is 0 Å². The van der Waals surface area contributed by atoms with Crippen LogP contribution in [0.25, 0.3) is 0 Å². The molecular formula is C23H32N4O. The molecule has 0 radical (unpaired) electrons. The van der Waals surface area contributed by atoms with Crippen molar-refractivity contribution in [3.63, 3.8) is 0 Å². The fourth-order valence-corrected chi connectivity index (χ4v) is 3.81. The van der Waals surface area contributed by atoms with E-state index < -0.39 is 0 Å². The van der Waals surface area contributed by atoms with Gasteiger partial charge in [-0.2, -0.15) is 0 Å². The Morgan fingerprint density at radius 1 is 1.00 bits per heavy atom. The lowest BCUT2D eigenvalue weighted by atomic mass is 10.1. The van der Waals surface area contributed by atoms with Crippen molar-refractivity contribution in [3.05, 3.63) is 65.7 Å². The molecule has 1 atom stereocenters. The second kappa shape index (κ2) is 9.71. The minimum atomic E-state index is 0.104. The lowest BCUT2D eigenvalue weighted by Crippen LogP contribution is -2.50. The zero-order valence-electron chi connectivity index (χ0n) is 17.3. The minimum absolute atomic E-state index is 0.104. The maximum Gasteiger partial charge on any atom is 0.234 e. The first-order chi connectivity index (χ1) is 13.5. The molecule has 28 heavy (non-hydrogen) atoms. The first-order valence-corrected chi connectivity index (χ1v) is 10.1. The molecule has 1 aliphatic rings. The van der Waals surface area contributed by atoms with Crippen LogP contribution in [0.4, 0.5) is 5.69 Å². The standard InChI is InChI=1S/C23H32N4O/c1-19-9-7-8-12-21(19)27-15-13-26(14-16-27)18-23(28)24-17-22(25(2)3)20-10-5-4-6-11-20/h4-12,22H,13-18H2,1-3H3,(H,24,28). The Morgan fingerprint density at radius 2 is 1.64 bits per heavy atom. The lowest BCUT2D eigenvalue weighted by molar-refractivity contribution is -0.122. The summed E-state index contributed by atoms with van der Waals surface area (Å²) in [6.07, 6.45) is 0. The third-order valence-corrected chi connectivity index (χ3v) is 5.50. The van der Waals surface area contributed by atoms with Gasteiger partial charge in [0.05, 0.1) is 12.6 Å². The number of nitrogens with zero attached hydrogens (tertiary/aromatic N) is 3. The molecule has 3 rings (SSSR count). The molecule has 1 saturated heterocycles. The Bertz CT molecular complexity index is 754. The van der Waals surface area contributed by atoms with Crippen molar-refractivity contribution < 1.29 is 4.79 Å². The summed E-state index contributed by atoms with van der Waals surface area (Å²) in [5.74, 6) is 0.104. The highest BCUT2D eigenvalue weighted by Gasteiger charge is 2.21. The molecule has 150 valence electrons. The molecule has 0 aromatic heterocycles. The normalized spacial score (nSPS) is 16.2. The largest absolute Gasteiger partial charge is 0.369 e. The third kappa shape index (κ3) is 5.33. The molecule has 0 bridgehead atoms. The number of likely N-dealkylation sites (N-methyl/N-ethyl adjacent to an activating group) is 1. The van der Waals surface area contributed by atoms with Gasteiger partial charge in [0.2, 0.25) is 5.91 Å². The van der Waals surface area contributed by atoms with Crippen LogP contribution in [0.1, 0.15) is 17.2 Å². The Hall–Kier alpha value is -2.37. The molecule has 1 amide bonds. The van der Waals surface area contributed by atoms with Crippen LogP contribution in [0.2, 0.25) is 0 Å². The molecule has 1 heterocycles. The molecule has 0 aliphatic carbocycles. The van der Waals surface area contributed by atoms with Gasteiger partial charge in [-0.25, -0.2) is 0 Å². The fourth-order valence-electron chi connectivity index (χ4n) is 3.81. The van der Waals surface area contributed by atoms with Crippen LogP contribution in [0, 0.1) is 6.92 Å². The summed E-state index contributed by atoms with van der Waals surface area (Å²) in [5, 5.41) is 3.13. The maximum atomic E-state index is 12.5. The van der Waals surface area contributed by atoms with Crippen LogP contribution in [0.3, 0.4) is 0 Å². The summed E-state index contributed by atoms with van der Waals surface area (Å²) in [5.41, 5.74) is 3.84. The van der Waals surface area contributed by atoms with E-state index in [1.807, 2.05) is 18.2 Å². The van der Waals surface area contributed by atoms with Crippen LogP contribution in [-0.4, -0.2) is 69.1 Å². The van der Waals surface area contributed by atoms with Gasteiger partial charge in [-0.15, -0.1) is 0 Å². The first kappa shape index (κ1) is 20.4. The first-order valence-electron chi connectivity index (χ1n) is 10.1. The molecule has 2 aromatic carbocycles. The number of carbonyl (C=O) groups excluding carboxylic acids is 1. The van der Waals surface area contributed by atoms with E-state index in [2.05, 4.69) is 77.4 Å². The van der Waals surface area contributed by atoms with Gasteiger partial charge in [0.1, 0.15) is 0 Å². The minimum Gasteiger partial charge on any atom is -0.369 e. The van der Waals surface area contributed by atoms with Gasteiger partial charge in [0, 0.05) is 38.4 Å². The number of amides is 1. The van der Waals surface area contributed by atoms with E-state index in [1.165, 1.54) is 16.8 Å². The van der Waals surface area contributed by atoms with Gasteiger partial charge in [0.25, 0.3) is 0 Å². The van der Waals surface area contributed by atoms with Crippen LogP contribution in [0.5, 0.6) is 0 Å². The summed E-state index contributed by atoms with van der Waals surface area (Å²) < 4.78 is 0. The molecule has 1 unspecified atom stereocenters. The molecule has 0 spiro atoms. The van der Waals surface area contributed by atoms with Crippen molar-refractivity contribution in [2.24, 2.45) is 0 Å². The molecule has 5 heteroatoms. The Labute approximate surface area is 168 Å². The Morgan fingerprint density at radius 3 is 2.29 bits per heavy atom. The van der Waals surface area contributed by atoms with E-state index in [9.17, 15) is 4.79 Å². The molecule has 0 saturated carbocycles. The van der Waals surface area contributed by atoms with Gasteiger partial charge in [-0.05, 0) is 38.2 Å².